The van der Waals surface area contributed by atoms with Gasteiger partial charge in [0.15, 0.2) is 5.16 Å². The van der Waals surface area contributed by atoms with Crippen LogP contribution in [0, 0.1) is 5.92 Å². The summed E-state index contributed by atoms with van der Waals surface area (Å²) in [6.45, 7) is 6.21. The Kier molecular flexibility index (Phi) is 4.86. The molecule has 4 nitrogen and oxygen atoms in total. The summed E-state index contributed by atoms with van der Waals surface area (Å²) in [6, 6.07) is 0.217. The molecule has 0 aliphatic carbocycles. The van der Waals surface area contributed by atoms with Crippen LogP contribution in [0.2, 0.25) is 0 Å². The van der Waals surface area contributed by atoms with Gasteiger partial charge in [0.2, 0.25) is 5.91 Å². The molecule has 1 heterocycles. The van der Waals surface area contributed by atoms with Crippen molar-refractivity contribution in [2.24, 2.45) is 13.0 Å². The van der Waals surface area contributed by atoms with E-state index in [9.17, 15) is 4.79 Å². The van der Waals surface area contributed by atoms with Crippen molar-refractivity contribution in [3.8, 4) is 0 Å². The molecule has 0 aromatic carbocycles. The Labute approximate surface area is 101 Å². The molecule has 0 spiro atoms. The first-order chi connectivity index (χ1) is 7.50. The fourth-order valence-electron chi connectivity index (χ4n) is 1.08. The average molecular weight is 241 g/mol. The van der Waals surface area contributed by atoms with Gasteiger partial charge in [-0.05, 0) is 12.8 Å². The van der Waals surface area contributed by atoms with Crippen LogP contribution < -0.4 is 5.32 Å². The second-order valence-electron chi connectivity index (χ2n) is 4.21. The van der Waals surface area contributed by atoms with Crippen molar-refractivity contribution in [2.75, 3.05) is 5.75 Å². The minimum absolute atomic E-state index is 0.0641. The highest BCUT2D eigenvalue weighted by atomic mass is 32.2. The molecule has 16 heavy (non-hydrogen) atoms. The van der Waals surface area contributed by atoms with Gasteiger partial charge in [-0.25, -0.2) is 4.98 Å². The molecule has 1 rings (SSSR count). The number of rotatable bonds is 5. The van der Waals surface area contributed by atoms with Crippen molar-refractivity contribution in [1.82, 2.24) is 14.9 Å². The van der Waals surface area contributed by atoms with Crippen molar-refractivity contribution >= 4 is 17.7 Å². The number of amides is 1. The SMILES string of the molecule is CC(C)[C@H](C)NC(=O)CSc1nccn1C. The molecule has 0 radical (unpaired) electrons. The summed E-state index contributed by atoms with van der Waals surface area (Å²) < 4.78 is 1.91. The molecular formula is C11H19N3OS. The molecule has 90 valence electrons. The van der Waals surface area contributed by atoms with E-state index >= 15 is 0 Å². The lowest BCUT2D eigenvalue weighted by molar-refractivity contribution is -0.119. The molecule has 0 saturated heterocycles. The number of aromatic nitrogens is 2. The fourth-order valence-corrected chi connectivity index (χ4v) is 1.83. The Balaban J connectivity index is 2.33. The maximum atomic E-state index is 11.6. The first-order valence-corrected chi connectivity index (χ1v) is 6.38. The highest BCUT2D eigenvalue weighted by Crippen LogP contribution is 2.13. The summed E-state index contributed by atoms with van der Waals surface area (Å²) in [4.78, 5) is 15.7. The van der Waals surface area contributed by atoms with Gasteiger partial charge in [-0.2, -0.15) is 0 Å². The molecule has 1 atom stereocenters. The minimum atomic E-state index is 0.0641. The van der Waals surface area contributed by atoms with Crippen LogP contribution in [0.25, 0.3) is 0 Å². The number of aryl methyl sites for hydroxylation is 1. The zero-order chi connectivity index (χ0) is 12.1. The highest BCUT2D eigenvalue weighted by Gasteiger charge is 2.11. The van der Waals surface area contributed by atoms with Gasteiger partial charge in [0, 0.05) is 25.5 Å². The van der Waals surface area contributed by atoms with E-state index in [1.807, 2.05) is 24.7 Å². The van der Waals surface area contributed by atoms with Crippen LogP contribution in [-0.4, -0.2) is 27.3 Å². The summed E-state index contributed by atoms with van der Waals surface area (Å²) in [5, 5.41) is 3.83. The van der Waals surface area contributed by atoms with E-state index in [1.54, 1.807) is 6.20 Å². The van der Waals surface area contributed by atoms with Crippen molar-refractivity contribution in [1.29, 1.82) is 0 Å². The first-order valence-electron chi connectivity index (χ1n) is 5.40. The van der Waals surface area contributed by atoms with Crippen LogP contribution in [0.3, 0.4) is 0 Å². The second kappa shape index (κ2) is 5.94. The Morgan fingerprint density at radius 2 is 2.25 bits per heavy atom. The van der Waals surface area contributed by atoms with E-state index in [1.165, 1.54) is 11.8 Å². The smallest absolute Gasteiger partial charge is 0.230 e. The number of thioether (sulfide) groups is 1. The van der Waals surface area contributed by atoms with Gasteiger partial charge in [-0.3, -0.25) is 4.79 Å². The van der Waals surface area contributed by atoms with E-state index in [2.05, 4.69) is 24.1 Å². The van der Waals surface area contributed by atoms with Crippen LogP contribution in [0.5, 0.6) is 0 Å². The molecule has 1 aromatic heterocycles. The number of hydrogen-bond donors (Lipinski definition) is 1. The largest absolute Gasteiger partial charge is 0.353 e. The molecule has 0 aliphatic heterocycles. The predicted molar refractivity (Wildman–Crippen MR) is 66.4 cm³/mol. The highest BCUT2D eigenvalue weighted by molar-refractivity contribution is 7.99. The third-order valence-corrected chi connectivity index (χ3v) is 3.56. The third-order valence-electron chi connectivity index (χ3n) is 2.50. The van der Waals surface area contributed by atoms with Crippen molar-refractivity contribution in [3.05, 3.63) is 12.4 Å². The summed E-state index contributed by atoms with van der Waals surface area (Å²) in [7, 11) is 1.92. The Morgan fingerprint density at radius 1 is 1.56 bits per heavy atom. The molecule has 0 fully saturated rings. The monoisotopic (exact) mass is 241 g/mol. The zero-order valence-corrected chi connectivity index (χ0v) is 11.0. The number of nitrogens with one attached hydrogen (secondary N) is 1. The van der Waals surface area contributed by atoms with Gasteiger partial charge >= 0.3 is 0 Å². The van der Waals surface area contributed by atoms with E-state index in [-0.39, 0.29) is 11.9 Å². The zero-order valence-electron chi connectivity index (χ0n) is 10.2. The van der Waals surface area contributed by atoms with Crippen molar-refractivity contribution in [3.63, 3.8) is 0 Å². The summed E-state index contributed by atoms with van der Waals surface area (Å²) >= 11 is 1.46. The normalized spacial score (nSPS) is 12.8. The van der Waals surface area contributed by atoms with Gasteiger partial charge in [-0.1, -0.05) is 25.6 Å². The molecule has 0 unspecified atom stereocenters. The van der Waals surface area contributed by atoms with Gasteiger partial charge in [0.1, 0.15) is 0 Å². The van der Waals surface area contributed by atoms with E-state index in [4.69, 9.17) is 0 Å². The van der Waals surface area contributed by atoms with E-state index in [0.29, 0.717) is 11.7 Å². The lowest BCUT2D eigenvalue weighted by Gasteiger charge is -2.17. The summed E-state index contributed by atoms with van der Waals surface area (Å²) in [6.07, 6.45) is 3.61. The number of nitrogens with zero attached hydrogens (tertiary/aromatic N) is 2. The van der Waals surface area contributed by atoms with Crippen LogP contribution >= 0.6 is 11.8 Å². The Bertz CT molecular complexity index is 349. The molecule has 0 aliphatic rings. The number of imidazole rings is 1. The molecule has 5 heteroatoms. The first kappa shape index (κ1) is 13.1. The second-order valence-corrected chi connectivity index (χ2v) is 5.15. The lowest BCUT2D eigenvalue weighted by atomic mass is 10.1. The molecule has 1 N–H and O–H groups in total. The molecule has 0 bridgehead atoms. The Hall–Kier alpha value is -0.970. The maximum Gasteiger partial charge on any atom is 0.230 e. The third kappa shape index (κ3) is 3.89. The predicted octanol–water partition coefficient (Wildman–Crippen LogP) is 1.67. The molecular weight excluding hydrogens is 222 g/mol. The topological polar surface area (TPSA) is 46.9 Å². The van der Waals surface area contributed by atoms with Crippen LogP contribution in [-0.2, 0) is 11.8 Å². The number of hydrogen-bond acceptors (Lipinski definition) is 3. The molecule has 1 amide bonds. The van der Waals surface area contributed by atoms with Gasteiger partial charge in [0.25, 0.3) is 0 Å². The summed E-state index contributed by atoms with van der Waals surface area (Å²) in [5.74, 6) is 0.943. The van der Waals surface area contributed by atoms with Crippen LogP contribution in [0.4, 0.5) is 0 Å². The van der Waals surface area contributed by atoms with Crippen molar-refractivity contribution < 1.29 is 4.79 Å². The minimum Gasteiger partial charge on any atom is -0.353 e. The number of carbonyl (C=O) groups excluding carboxylic acids is 1. The van der Waals surface area contributed by atoms with E-state index in [0.717, 1.165) is 5.16 Å². The van der Waals surface area contributed by atoms with Crippen molar-refractivity contribution in [2.45, 2.75) is 32.0 Å². The lowest BCUT2D eigenvalue weighted by Crippen LogP contribution is -2.37. The Morgan fingerprint density at radius 3 is 2.75 bits per heavy atom. The molecule has 0 saturated carbocycles. The molecule has 1 aromatic rings. The number of carbonyl (C=O) groups is 1. The maximum absolute atomic E-state index is 11.6. The quantitative estimate of drug-likeness (QED) is 0.798. The fraction of sp³-hybridized carbons (Fsp3) is 0.636. The average Bonchev–Trinajstić information content (AvgIpc) is 2.61. The standard InChI is InChI=1S/C11H19N3OS/c1-8(2)9(3)13-10(15)7-16-11-12-5-6-14(11)4/h5-6,8-9H,7H2,1-4H3,(H,13,15)/t9-/m0/s1. The van der Waals surface area contributed by atoms with E-state index < -0.39 is 0 Å². The summed E-state index contributed by atoms with van der Waals surface area (Å²) in [5.41, 5.74) is 0. The van der Waals surface area contributed by atoms with Gasteiger partial charge in [0.05, 0.1) is 5.75 Å². The van der Waals surface area contributed by atoms with Crippen LogP contribution in [0.1, 0.15) is 20.8 Å². The van der Waals surface area contributed by atoms with Gasteiger partial charge in [-0.15, -0.1) is 0 Å². The van der Waals surface area contributed by atoms with Crippen LogP contribution in [0.15, 0.2) is 17.6 Å². The van der Waals surface area contributed by atoms with Gasteiger partial charge < -0.3 is 9.88 Å².